The summed E-state index contributed by atoms with van der Waals surface area (Å²) in [6.45, 7) is -1.90. The normalized spacial score (nSPS) is 16.5. The minimum absolute atomic E-state index is 0.190. The van der Waals surface area contributed by atoms with E-state index in [0.29, 0.717) is 6.41 Å². The number of aliphatic hydroxyl groups excluding tert-OH is 3. The summed E-state index contributed by atoms with van der Waals surface area (Å²) in [5.41, 5.74) is 0. The van der Waals surface area contributed by atoms with Crippen LogP contribution in [0.25, 0.3) is 0 Å². The average molecular weight is 301 g/mol. The van der Waals surface area contributed by atoms with E-state index in [9.17, 15) is 24.4 Å². The molecule has 0 aromatic heterocycles. The molecular weight excluding hydrogens is 285 g/mol. The van der Waals surface area contributed by atoms with Crippen molar-refractivity contribution >= 4 is 20.0 Å². The molecule has 0 radical (unpaired) electrons. The van der Waals surface area contributed by atoms with Gasteiger partial charge in [-0.3, -0.25) is 14.1 Å². The van der Waals surface area contributed by atoms with E-state index in [1.54, 1.807) is 0 Å². The number of nitrogens with one attached hydrogen (secondary N) is 1. The number of amides is 1. The summed E-state index contributed by atoms with van der Waals surface area (Å²) in [6.07, 6.45) is -3.41. The van der Waals surface area contributed by atoms with Gasteiger partial charge >= 0.3 is 7.82 Å². The fourth-order valence-corrected chi connectivity index (χ4v) is 1.47. The third-order valence-electron chi connectivity index (χ3n) is 2.21. The van der Waals surface area contributed by atoms with Gasteiger partial charge in [-0.2, -0.15) is 0 Å². The van der Waals surface area contributed by atoms with Crippen LogP contribution >= 0.6 is 7.82 Å². The van der Waals surface area contributed by atoms with Crippen molar-refractivity contribution in [3.63, 3.8) is 0 Å². The lowest BCUT2D eigenvalue weighted by Crippen LogP contribution is -2.45. The minimum atomic E-state index is -4.86. The van der Waals surface area contributed by atoms with Crippen LogP contribution in [-0.4, -0.2) is 69.3 Å². The standard InChI is InChI=1S/C8H16NO9P/c10-2-5(1-9-4-11)7(13)8(14)6(12)3-18-19(15,16)17/h4-5,7-8,10,13-14H,1-3H2,(H,9,11)(H2,15,16,17)/t5-,7+,8+/m0/s1. The van der Waals surface area contributed by atoms with E-state index in [4.69, 9.17) is 14.9 Å². The molecule has 0 aliphatic carbocycles. The van der Waals surface area contributed by atoms with E-state index >= 15 is 0 Å². The first-order chi connectivity index (χ1) is 8.72. The van der Waals surface area contributed by atoms with Gasteiger partial charge < -0.3 is 30.4 Å². The molecule has 0 fully saturated rings. The second-order valence-electron chi connectivity index (χ2n) is 3.63. The molecular formula is C8H16NO9P. The van der Waals surface area contributed by atoms with E-state index < -0.39 is 44.9 Å². The van der Waals surface area contributed by atoms with Crippen molar-refractivity contribution < 1.29 is 43.8 Å². The van der Waals surface area contributed by atoms with E-state index in [1.807, 2.05) is 0 Å². The fourth-order valence-electron chi connectivity index (χ4n) is 1.17. The highest BCUT2D eigenvalue weighted by atomic mass is 31.2. The van der Waals surface area contributed by atoms with Crippen LogP contribution in [0.15, 0.2) is 0 Å². The molecule has 1 amide bonds. The van der Waals surface area contributed by atoms with Gasteiger partial charge in [0, 0.05) is 12.5 Å². The summed E-state index contributed by atoms with van der Waals surface area (Å²) in [5, 5.41) is 30.1. The summed E-state index contributed by atoms with van der Waals surface area (Å²) in [4.78, 5) is 38.1. The van der Waals surface area contributed by atoms with Gasteiger partial charge in [0.15, 0.2) is 5.78 Å². The van der Waals surface area contributed by atoms with Crippen LogP contribution in [0.5, 0.6) is 0 Å². The molecule has 0 aliphatic rings. The molecule has 0 bridgehead atoms. The van der Waals surface area contributed by atoms with Crippen molar-refractivity contribution in [2.24, 2.45) is 5.92 Å². The summed E-state index contributed by atoms with van der Waals surface area (Å²) < 4.78 is 14.2. The Morgan fingerprint density at radius 1 is 1.37 bits per heavy atom. The highest BCUT2D eigenvalue weighted by Crippen LogP contribution is 2.35. The Hall–Kier alpha value is -0.870. The average Bonchev–Trinajstić information content (AvgIpc) is 2.34. The van der Waals surface area contributed by atoms with Crippen LogP contribution in [-0.2, 0) is 18.7 Å². The summed E-state index contributed by atoms with van der Waals surface area (Å²) in [7, 11) is -4.86. The van der Waals surface area contributed by atoms with Gasteiger partial charge in [0.2, 0.25) is 6.41 Å². The number of rotatable bonds is 10. The zero-order valence-electron chi connectivity index (χ0n) is 9.75. The Kier molecular flexibility index (Phi) is 7.95. The maximum absolute atomic E-state index is 11.3. The quantitative estimate of drug-likeness (QED) is 0.179. The Bertz CT molecular complexity index is 343. The monoisotopic (exact) mass is 301 g/mol. The van der Waals surface area contributed by atoms with Crippen LogP contribution in [0.4, 0.5) is 0 Å². The minimum Gasteiger partial charge on any atom is -0.396 e. The summed E-state index contributed by atoms with van der Waals surface area (Å²) in [6, 6.07) is 0. The first-order valence-corrected chi connectivity index (χ1v) is 6.62. The predicted octanol–water partition coefficient (Wildman–Crippen LogP) is -3.26. The van der Waals surface area contributed by atoms with Crippen LogP contribution < -0.4 is 5.32 Å². The first-order valence-electron chi connectivity index (χ1n) is 5.09. The number of ketones is 1. The number of Topliss-reactive ketones (excluding diaryl/α,β-unsaturated/α-hetero) is 1. The van der Waals surface area contributed by atoms with Crippen LogP contribution in [0.1, 0.15) is 0 Å². The SMILES string of the molecule is O=CNC[C@@H](CO)[C@@H](O)[C@H](O)C(=O)COP(=O)(O)O. The van der Waals surface area contributed by atoms with Gasteiger partial charge in [-0.1, -0.05) is 0 Å². The molecule has 0 rings (SSSR count). The number of hydrogen-bond acceptors (Lipinski definition) is 7. The second kappa shape index (κ2) is 8.33. The van der Waals surface area contributed by atoms with Crippen LogP contribution in [0, 0.1) is 5.92 Å². The maximum Gasteiger partial charge on any atom is 0.470 e. The van der Waals surface area contributed by atoms with Gasteiger partial charge in [-0.15, -0.1) is 0 Å². The Morgan fingerprint density at radius 2 is 1.95 bits per heavy atom. The third kappa shape index (κ3) is 7.33. The van der Waals surface area contributed by atoms with Gasteiger partial charge in [0.05, 0.1) is 12.7 Å². The van der Waals surface area contributed by atoms with E-state index in [0.717, 1.165) is 0 Å². The van der Waals surface area contributed by atoms with Crippen LogP contribution in [0.2, 0.25) is 0 Å². The largest absolute Gasteiger partial charge is 0.470 e. The van der Waals surface area contributed by atoms with E-state index in [2.05, 4.69) is 9.84 Å². The molecule has 0 aliphatic heterocycles. The molecule has 0 saturated heterocycles. The molecule has 0 saturated carbocycles. The molecule has 11 heteroatoms. The number of aliphatic hydroxyl groups is 3. The van der Waals surface area contributed by atoms with Gasteiger partial charge in [-0.05, 0) is 0 Å². The number of carbonyl (C=O) groups is 2. The first kappa shape index (κ1) is 18.1. The smallest absolute Gasteiger partial charge is 0.396 e. The fraction of sp³-hybridized carbons (Fsp3) is 0.750. The molecule has 0 heterocycles. The predicted molar refractivity (Wildman–Crippen MR) is 59.7 cm³/mol. The zero-order chi connectivity index (χ0) is 15.1. The molecule has 112 valence electrons. The number of hydrogen-bond donors (Lipinski definition) is 6. The second-order valence-corrected chi connectivity index (χ2v) is 4.87. The summed E-state index contributed by atoms with van der Waals surface area (Å²) >= 11 is 0. The lowest BCUT2D eigenvalue weighted by molar-refractivity contribution is -0.138. The zero-order valence-corrected chi connectivity index (χ0v) is 10.6. The number of phosphoric acid groups is 1. The number of phosphoric ester groups is 1. The molecule has 6 N–H and O–H groups in total. The lowest BCUT2D eigenvalue weighted by Gasteiger charge is -2.24. The maximum atomic E-state index is 11.3. The molecule has 0 aromatic rings. The van der Waals surface area contributed by atoms with E-state index in [-0.39, 0.29) is 6.54 Å². The van der Waals surface area contributed by atoms with Gasteiger partial charge in [-0.25, -0.2) is 4.57 Å². The van der Waals surface area contributed by atoms with Crippen molar-refractivity contribution in [1.29, 1.82) is 0 Å². The highest BCUT2D eigenvalue weighted by molar-refractivity contribution is 7.46. The van der Waals surface area contributed by atoms with Crippen molar-refractivity contribution in [3.05, 3.63) is 0 Å². The summed E-state index contributed by atoms with van der Waals surface area (Å²) in [5.74, 6) is -2.18. The Balaban J connectivity index is 4.43. The molecule has 0 aromatic carbocycles. The van der Waals surface area contributed by atoms with Crippen molar-refractivity contribution in [3.8, 4) is 0 Å². The van der Waals surface area contributed by atoms with Crippen LogP contribution in [0.3, 0.4) is 0 Å². The van der Waals surface area contributed by atoms with Gasteiger partial charge in [0.25, 0.3) is 0 Å². The Morgan fingerprint density at radius 3 is 2.37 bits per heavy atom. The van der Waals surface area contributed by atoms with Gasteiger partial charge in [0.1, 0.15) is 12.7 Å². The molecule has 19 heavy (non-hydrogen) atoms. The topological polar surface area (TPSA) is 174 Å². The molecule has 0 spiro atoms. The molecule has 0 unspecified atom stereocenters. The number of carbonyl (C=O) groups excluding carboxylic acids is 2. The van der Waals surface area contributed by atoms with E-state index in [1.165, 1.54) is 0 Å². The highest BCUT2D eigenvalue weighted by Gasteiger charge is 2.32. The van der Waals surface area contributed by atoms with Crippen molar-refractivity contribution in [2.45, 2.75) is 12.2 Å². The van der Waals surface area contributed by atoms with Crippen molar-refractivity contribution in [1.82, 2.24) is 5.32 Å². The molecule has 3 atom stereocenters. The lowest BCUT2D eigenvalue weighted by atomic mass is 9.96. The van der Waals surface area contributed by atoms with Crippen molar-refractivity contribution in [2.75, 3.05) is 19.8 Å². The third-order valence-corrected chi connectivity index (χ3v) is 2.67. The Labute approximate surface area is 108 Å². The molecule has 10 nitrogen and oxygen atoms in total.